The third-order valence-corrected chi connectivity index (χ3v) is 5.27. The Morgan fingerprint density at radius 2 is 2.12 bits per heavy atom. The van der Waals surface area contributed by atoms with Crippen molar-refractivity contribution >= 4 is 40.4 Å². The van der Waals surface area contributed by atoms with Crippen LogP contribution in [0.3, 0.4) is 0 Å². The maximum atomic E-state index is 12.8. The molecule has 2 aliphatic rings. The number of esters is 1. The van der Waals surface area contributed by atoms with Crippen LogP contribution in [0.25, 0.3) is 0 Å². The molecule has 2 heterocycles. The molecule has 1 saturated heterocycles. The van der Waals surface area contributed by atoms with E-state index in [9.17, 15) is 9.59 Å². The van der Waals surface area contributed by atoms with Crippen molar-refractivity contribution in [1.29, 1.82) is 0 Å². The van der Waals surface area contributed by atoms with Gasteiger partial charge >= 0.3 is 5.97 Å². The Labute approximate surface area is 156 Å². The molecule has 2 aliphatic heterocycles. The normalized spacial score (nSPS) is 20.5. The number of halogens is 1. The molecule has 0 aromatic heterocycles. The van der Waals surface area contributed by atoms with E-state index < -0.39 is 12.0 Å². The molecule has 3 rings (SSSR count). The van der Waals surface area contributed by atoms with Gasteiger partial charge in [0.1, 0.15) is 0 Å². The van der Waals surface area contributed by atoms with Crippen molar-refractivity contribution in [2.45, 2.75) is 39.3 Å². The van der Waals surface area contributed by atoms with Gasteiger partial charge in [-0.15, -0.1) is 0 Å². The van der Waals surface area contributed by atoms with Gasteiger partial charge in [-0.3, -0.25) is 9.69 Å². The minimum atomic E-state index is -0.618. The molecular weight excluding hydrogens is 360 g/mol. The maximum absolute atomic E-state index is 12.8. The summed E-state index contributed by atoms with van der Waals surface area (Å²) in [5.74, 6) is 0.149. The summed E-state index contributed by atoms with van der Waals surface area (Å²) in [6.45, 7) is 5.35. The Balaban J connectivity index is 2.17. The number of thioether (sulfide) groups is 1. The van der Waals surface area contributed by atoms with Crippen molar-refractivity contribution in [3.8, 4) is 0 Å². The monoisotopic (exact) mass is 378 g/mol. The first-order valence-corrected chi connectivity index (χ1v) is 9.46. The van der Waals surface area contributed by atoms with Crippen molar-refractivity contribution in [2.75, 3.05) is 5.75 Å². The average molecular weight is 379 g/mol. The number of carbonyl (C=O) groups excluding carboxylic acids is 2. The molecule has 0 N–H and O–H groups in total. The number of hydrogen-bond donors (Lipinski definition) is 0. The predicted molar refractivity (Wildman–Crippen MR) is 99.5 cm³/mol. The van der Waals surface area contributed by atoms with Crippen LogP contribution in [0.5, 0.6) is 0 Å². The van der Waals surface area contributed by atoms with Gasteiger partial charge in [0.25, 0.3) is 0 Å². The number of allylic oxidation sites excluding steroid dienone is 1. The summed E-state index contributed by atoms with van der Waals surface area (Å²) in [5.41, 5.74) is 1.62. The second-order valence-corrected chi connectivity index (χ2v) is 7.60. The molecule has 1 amide bonds. The Hall–Kier alpha value is -1.79. The fourth-order valence-electron chi connectivity index (χ4n) is 2.93. The van der Waals surface area contributed by atoms with Gasteiger partial charge < -0.3 is 4.74 Å². The van der Waals surface area contributed by atoms with Gasteiger partial charge in [0, 0.05) is 17.2 Å². The van der Waals surface area contributed by atoms with E-state index in [1.165, 1.54) is 11.8 Å². The van der Waals surface area contributed by atoms with Gasteiger partial charge in [0.2, 0.25) is 5.91 Å². The van der Waals surface area contributed by atoms with Gasteiger partial charge in [0.05, 0.1) is 23.4 Å². The van der Waals surface area contributed by atoms with Crippen LogP contribution in [0.2, 0.25) is 5.02 Å². The molecule has 1 aromatic carbocycles. The quantitative estimate of drug-likeness (QED) is 0.747. The van der Waals surface area contributed by atoms with Crippen LogP contribution >= 0.6 is 23.4 Å². The molecule has 25 heavy (non-hydrogen) atoms. The largest absolute Gasteiger partial charge is 0.459 e. The van der Waals surface area contributed by atoms with E-state index in [-0.39, 0.29) is 12.0 Å². The molecule has 132 valence electrons. The lowest BCUT2D eigenvalue weighted by Gasteiger charge is -2.39. The van der Waals surface area contributed by atoms with Crippen LogP contribution in [0.15, 0.2) is 40.5 Å². The van der Waals surface area contributed by atoms with Crippen LogP contribution in [-0.2, 0) is 14.3 Å². The minimum Gasteiger partial charge on any atom is -0.459 e. The third kappa shape index (κ3) is 3.46. The summed E-state index contributed by atoms with van der Waals surface area (Å²) < 4.78 is 5.41. The van der Waals surface area contributed by atoms with Crippen LogP contribution in [0, 0.1) is 0 Å². The zero-order chi connectivity index (χ0) is 18.1. The number of nitrogens with zero attached hydrogens (tertiary/aromatic N) is 2. The number of rotatable bonds is 3. The molecule has 1 fully saturated rings. The zero-order valence-electron chi connectivity index (χ0n) is 14.3. The van der Waals surface area contributed by atoms with Crippen molar-refractivity contribution in [3.63, 3.8) is 0 Å². The number of aliphatic imine (C=N–C) groups is 1. The lowest BCUT2D eigenvalue weighted by molar-refractivity contribution is -0.143. The van der Waals surface area contributed by atoms with Crippen LogP contribution < -0.4 is 0 Å². The first-order chi connectivity index (χ1) is 11.9. The Kier molecular flexibility index (Phi) is 5.20. The van der Waals surface area contributed by atoms with E-state index >= 15 is 0 Å². The van der Waals surface area contributed by atoms with Gasteiger partial charge in [-0.2, -0.15) is 0 Å². The SMILES string of the molecule is CC1=C(C(=O)OC(C)C)[C@@H](c2ccccc2Cl)N2C(=O)CCSC2=N1. The van der Waals surface area contributed by atoms with Gasteiger partial charge in [-0.25, -0.2) is 9.79 Å². The minimum absolute atomic E-state index is 0.0650. The fraction of sp³-hybridized carbons (Fsp3) is 0.389. The molecule has 0 spiro atoms. The molecule has 0 aliphatic carbocycles. The summed E-state index contributed by atoms with van der Waals surface area (Å²) >= 11 is 7.91. The highest BCUT2D eigenvalue weighted by molar-refractivity contribution is 8.14. The van der Waals surface area contributed by atoms with Crippen LogP contribution in [-0.4, -0.2) is 33.8 Å². The number of hydrogen-bond acceptors (Lipinski definition) is 5. The number of fused-ring (bicyclic) bond motifs is 1. The van der Waals surface area contributed by atoms with Gasteiger partial charge in [-0.1, -0.05) is 41.6 Å². The average Bonchev–Trinajstić information content (AvgIpc) is 2.53. The second kappa shape index (κ2) is 7.22. The van der Waals surface area contributed by atoms with Gasteiger partial charge in [0.15, 0.2) is 5.17 Å². The number of ether oxygens (including phenoxy) is 1. The summed E-state index contributed by atoms with van der Waals surface area (Å²) in [7, 11) is 0. The lowest BCUT2D eigenvalue weighted by atomic mass is 9.94. The van der Waals surface area contributed by atoms with Crippen LogP contribution in [0.1, 0.15) is 38.8 Å². The van der Waals surface area contributed by atoms with E-state index in [2.05, 4.69) is 4.99 Å². The first-order valence-electron chi connectivity index (χ1n) is 8.10. The van der Waals surface area contributed by atoms with E-state index in [0.29, 0.717) is 39.2 Å². The standard InChI is InChI=1S/C18H19ClN2O3S/c1-10(2)24-17(23)15-11(3)20-18-21(14(22)8-9-25-18)16(15)12-6-4-5-7-13(12)19/h4-7,10,16H,8-9H2,1-3H3/t16-/m1/s1. The number of amides is 1. The molecule has 5 nitrogen and oxygen atoms in total. The number of amidine groups is 1. The highest BCUT2D eigenvalue weighted by Crippen LogP contribution is 2.42. The second-order valence-electron chi connectivity index (χ2n) is 6.13. The molecule has 0 unspecified atom stereocenters. The third-order valence-electron chi connectivity index (χ3n) is 3.97. The lowest BCUT2D eigenvalue weighted by Crippen LogP contribution is -2.46. The summed E-state index contributed by atoms with van der Waals surface area (Å²) in [6.07, 6.45) is 0.132. The number of benzene rings is 1. The van der Waals surface area contributed by atoms with E-state index in [0.717, 1.165) is 0 Å². The highest BCUT2D eigenvalue weighted by atomic mass is 35.5. The molecule has 1 atom stereocenters. The van der Waals surface area contributed by atoms with Crippen LogP contribution in [0.4, 0.5) is 0 Å². The molecular formula is C18H19ClN2O3S. The molecule has 0 radical (unpaired) electrons. The van der Waals surface area contributed by atoms with Crippen molar-refractivity contribution in [3.05, 3.63) is 46.1 Å². The molecule has 1 aromatic rings. The topological polar surface area (TPSA) is 59.0 Å². The van der Waals surface area contributed by atoms with Crippen molar-refractivity contribution in [2.24, 2.45) is 4.99 Å². The van der Waals surface area contributed by atoms with E-state index in [4.69, 9.17) is 16.3 Å². The Morgan fingerprint density at radius 1 is 1.40 bits per heavy atom. The summed E-state index contributed by atoms with van der Waals surface area (Å²) in [6, 6.07) is 6.63. The van der Waals surface area contributed by atoms with E-state index in [1.807, 2.05) is 18.2 Å². The molecule has 0 bridgehead atoms. The predicted octanol–water partition coefficient (Wildman–Crippen LogP) is 3.94. The number of carbonyl (C=O) groups is 2. The summed E-state index contributed by atoms with van der Waals surface area (Å²) in [4.78, 5) is 31.5. The Morgan fingerprint density at radius 3 is 2.80 bits per heavy atom. The van der Waals surface area contributed by atoms with Crippen molar-refractivity contribution < 1.29 is 14.3 Å². The summed E-state index contributed by atoms with van der Waals surface area (Å²) in [5, 5.41) is 1.11. The first kappa shape index (κ1) is 18.0. The molecule has 7 heteroatoms. The molecule has 0 saturated carbocycles. The van der Waals surface area contributed by atoms with Crippen molar-refractivity contribution in [1.82, 2.24) is 4.90 Å². The smallest absolute Gasteiger partial charge is 0.338 e. The maximum Gasteiger partial charge on any atom is 0.338 e. The fourth-order valence-corrected chi connectivity index (χ4v) is 4.17. The Bertz CT molecular complexity index is 788. The van der Waals surface area contributed by atoms with E-state index in [1.54, 1.807) is 31.7 Å². The van der Waals surface area contributed by atoms with Gasteiger partial charge in [-0.05, 0) is 32.4 Å². The zero-order valence-corrected chi connectivity index (χ0v) is 15.9. The highest BCUT2D eigenvalue weighted by Gasteiger charge is 2.42.